The lowest BCUT2D eigenvalue weighted by Crippen LogP contribution is -2.43. The number of hydrogen-bond donors (Lipinski definition) is 2. The minimum atomic E-state index is -0.286. The lowest BCUT2D eigenvalue weighted by Gasteiger charge is -2.20. The highest BCUT2D eigenvalue weighted by atomic mass is 16.5. The second-order valence-electron chi connectivity index (χ2n) is 5.86. The molecule has 6 heteroatoms. The quantitative estimate of drug-likeness (QED) is 0.771. The zero-order chi connectivity index (χ0) is 17.2. The maximum absolute atomic E-state index is 12.2. The minimum absolute atomic E-state index is 0.286. The molecule has 2 aromatic carbocycles. The fourth-order valence-electron chi connectivity index (χ4n) is 2.98. The fraction of sp³-hybridized carbons (Fsp3) is 0.158. The fourth-order valence-corrected chi connectivity index (χ4v) is 2.98. The smallest absolute Gasteiger partial charge is 0.338 e. The molecule has 25 heavy (non-hydrogen) atoms. The molecule has 0 unspecified atom stereocenters. The van der Waals surface area contributed by atoms with Crippen molar-refractivity contribution in [3.63, 3.8) is 0 Å². The van der Waals surface area contributed by atoms with Crippen molar-refractivity contribution in [3.05, 3.63) is 60.2 Å². The van der Waals surface area contributed by atoms with Crippen LogP contribution in [0.4, 0.5) is 16.3 Å². The highest BCUT2D eigenvalue weighted by Gasteiger charge is 2.23. The van der Waals surface area contributed by atoms with E-state index >= 15 is 0 Å². The van der Waals surface area contributed by atoms with Crippen LogP contribution in [-0.2, 0) is 6.42 Å². The lowest BCUT2D eigenvalue weighted by molar-refractivity contribution is 0.251. The molecule has 1 aliphatic rings. The highest BCUT2D eigenvalue weighted by Crippen LogP contribution is 2.29. The monoisotopic (exact) mass is 334 g/mol. The number of fused-ring (bicyclic) bond motifs is 2. The number of anilines is 2. The van der Waals surface area contributed by atoms with Crippen molar-refractivity contribution in [1.82, 2.24) is 10.4 Å². The Morgan fingerprint density at radius 2 is 2.00 bits per heavy atom. The molecular formula is C19H18N4O2. The van der Waals surface area contributed by atoms with Gasteiger partial charge in [0.25, 0.3) is 0 Å². The molecule has 1 aromatic heterocycles. The number of para-hydroxylation sites is 1. The van der Waals surface area contributed by atoms with Gasteiger partial charge in [-0.15, -0.1) is 0 Å². The van der Waals surface area contributed by atoms with Gasteiger partial charge in [-0.2, -0.15) is 0 Å². The average molecular weight is 334 g/mol. The average Bonchev–Trinajstić information content (AvgIpc) is 3.01. The first kappa shape index (κ1) is 15.3. The Morgan fingerprint density at radius 1 is 1.16 bits per heavy atom. The molecule has 0 saturated carbocycles. The van der Waals surface area contributed by atoms with Crippen molar-refractivity contribution in [2.24, 2.45) is 0 Å². The molecule has 3 aromatic rings. The van der Waals surface area contributed by atoms with E-state index in [0.717, 1.165) is 40.1 Å². The van der Waals surface area contributed by atoms with Crippen LogP contribution >= 0.6 is 0 Å². The highest BCUT2D eigenvalue weighted by molar-refractivity contribution is 5.91. The molecule has 0 fully saturated rings. The zero-order valence-electron chi connectivity index (χ0n) is 13.8. The molecule has 0 aliphatic carbocycles. The molecule has 126 valence electrons. The van der Waals surface area contributed by atoms with E-state index in [1.165, 1.54) is 0 Å². The Balaban J connectivity index is 1.56. The Morgan fingerprint density at radius 3 is 2.80 bits per heavy atom. The largest absolute Gasteiger partial charge is 0.497 e. The van der Waals surface area contributed by atoms with E-state index in [1.54, 1.807) is 12.1 Å². The number of nitrogens with one attached hydrogen (secondary N) is 2. The first-order valence-corrected chi connectivity index (χ1v) is 8.11. The molecule has 2 amide bonds. The van der Waals surface area contributed by atoms with Gasteiger partial charge in [0.1, 0.15) is 5.75 Å². The SMILES string of the molecule is COc1ccc2cc3c(nc2c1)N(NC(=O)Nc1ccccc1)CC3. The van der Waals surface area contributed by atoms with E-state index in [9.17, 15) is 4.79 Å². The summed E-state index contributed by atoms with van der Waals surface area (Å²) in [5.41, 5.74) is 5.58. The summed E-state index contributed by atoms with van der Waals surface area (Å²) in [6.07, 6.45) is 0.843. The summed E-state index contributed by atoms with van der Waals surface area (Å²) in [5, 5.41) is 5.66. The molecule has 1 aliphatic heterocycles. The van der Waals surface area contributed by atoms with Crippen LogP contribution in [0.3, 0.4) is 0 Å². The van der Waals surface area contributed by atoms with Crippen LogP contribution in [0.5, 0.6) is 5.75 Å². The number of methoxy groups -OCH3 is 1. The second-order valence-corrected chi connectivity index (χ2v) is 5.86. The molecule has 0 spiro atoms. The van der Waals surface area contributed by atoms with Crippen molar-refractivity contribution >= 4 is 28.4 Å². The second kappa shape index (κ2) is 6.32. The molecule has 0 radical (unpaired) electrons. The normalized spacial score (nSPS) is 12.8. The number of urea groups is 1. The summed E-state index contributed by atoms with van der Waals surface area (Å²) in [5.74, 6) is 1.54. The zero-order valence-corrected chi connectivity index (χ0v) is 13.8. The Bertz CT molecular complexity index is 927. The third-order valence-corrected chi connectivity index (χ3v) is 4.21. The van der Waals surface area contributed by atoms with Gasteiger partial charge in [0.15, 0.2) is 5.82 Å². The molecule has 0 saturated heterocycles. The number of carbonyl (C=O) groups excluding carboxylic acids is 1. The number of benzene rings is 2. The number of hydrazine groups is 1. The number of rotatable bonds is 3. The molecule has 4 rings (SSSR count). The maximum atomic E-state index is 12.2. The van der Waals surface area contributed by atoms with Gasteiger partial charge in [-0.1, -0.05) is 18.2 Å². The van der Waals surface area contributed by atoms with E-state index in [-0.39, 0.29) is 6.03 Å². The van der Waals surface area contributed by atoms with E-state index in [1.807, 2.05) is 48.5 Å². The van der Waals surface area contributed by atoms with Crippen LogP contribution < -0.4 is 20.5 Å². The van der Waals surface area contributed by atoms with Crippen LogP contribution in [-0.4, -0.2) is 24.7 Å². The van der Waals surface area contributed by atoms with Gasteiger partial charge < -0.3 is 10.1 Å². The van der Waals surface area contributed by atoms with Gasteiger partial charge in [-0.3, -0.25) is 5.01 Å². The summed E-state index contributed by atoms with van der Waals surface area (Å²) >= 11 is 0. The van der Waals surface area contributed by atoms with Gasteiger partial charge in [-0.05, 0) is 42.3 Å². The Kier molecular flexibility index (Phi) is 3.85. The minimum Gasteiger partial charge on any atom is -0.497 e. The number of ether oxygens (including phenoxy) is 1. The molecule has 2 N–H and O–H groups in total. The van der Waals surface area contributed by atoms with Crippen LogP contribution in [0.1, 0.15) is 5.56 Å². The first-order chi connectivity index (χ1) is 12.2. The van der Waals surface area contributed by atoms with Crippen LogP contribution in [0.2, 0.25) is 0 Å². The summed E-state index contributed by atoms with van der Waals surface area (Å²) in [6.45, 7) is 0.692. The van der Waals surface area contributed by atoms with E-state index in [2.05, 4.69) is 16.8 Å². The van der Waals surface area contributed by atoms with Crippen molar-refractivity contribution in [1.29, 1.82) is 0 Å². The maximum Gasteiger partial charge on any atom is 0.338 e. The van der Waals surface area contributed by atoms with Crippen molar-refractivity contribution in [2.75, 3.05) is 24.0 Å². The van der Waals surface area contributed by atoms with Crippen molar-refractivity contribution < 1.29 is 9.53 Å². The summed E-state index contributed by atoms with van der Waals surface area (Å²) in [4.78, 5) is 16.9. The van der Waals surface area contributed by atoms with E-state index < -0.39 is 0 Å². The number of aromatic nitrogens is 1. The predicted molar refractivity (Wildman–Crippen MR) is 97.9 cm³/mol. The van der Waals surface area contributed by atoms with Crippen molar-refractivity contribution in [2.45, 2.75) is 6.42 Å². The van der Waals surface area contributed by atoms with Crippen LogP contribution in [0.25, 0.3) is 10.9 Å². The standard InChI is InChI=1S/C19H18N4O2/c1-25-16-8-7-13-11-14-9-10-23(18(14)21-17(13)12-16)22-19(24)20-15-5-3-2-4-6-15/h2-8,11-12H,9-10H2,1H3,(H2,20,22,24). The number of hydrogen-bond acceptors (Lipinski definition) is 4. The van der Waals surface area contributed by atoms with Gasteiger partial charge in [-0.25, -0.2) is 15.2 Å². The van der Waals surface area contributed by atoms with Gasteiger partial charge in [0, 0.05) is 23.7 Å². The molecule has 0 bridgehead atoms. The summed E-state index contributed by atoms with van der Waals surface area (Å²) in [7, 11) is 1.64. The molecular weight excluding hydrogens is 316 g/mol. The van der Waals surface area contributed by atoms with E-state index in [4.69, 9.17) is 9.72 Å². The van der Waals surface area contributed by atoms with Gasteiger partial charge in [0.05, 0.1) is 12.6 Å². The predicted octanol–water partition coefficient (Wildman–Crippen LogP) is 3.34. The van der Waals surface area contributed by atoms with E-state index in [0.29, 0.717) is 6.54 Å². The van der Waals surface area contributed by atoms with Crippen LogP contribution in [0, 0.1) is 0 Å². The third kappa shape index (κ3) is 3.06. The van der Waals surface area contributed by atoms with Crippen LogP contribution in [0.15, 0.2) is 54.6 Å². The number of pyridine rings is 1. The molecule has 6 nitrogen and oxygen atoms in total. The van der Waals surface area contributed by atoms with Gasteiger partial charge in [0.2, 0.25) is 0 Å². The molecule has 2 heterocycles. The Hall–Kier alpha value is -3.28. The van der Waals surface area contributed by atoms with Crippen molar-refractivity contribution in [3.8, 4) is 5.75 Å². The number of nitrogens with zero attached hydrogens (tertiary/aromatic N) is 2. The third-order valence-electron chi connectivity index (χ3n) is 4.21. The Labute approximate surface area is 145 Å². The topological polar surface area (TPSA) is 66.5 Å². The van der Waals surface area contributed by atoms with Gasteiger partial charge >= 0.3 is 6.03 Å². The number of amides is 2. The summed E-state index contributed by atoms with van der Waals surface area (Å²) < 4.78 is 5.27. The lowest BCUT2D eigenvalue weighted by atomic mass is 10.1. The first-order valence-electron chi connectivity index (χ1n) is 8.11. The molecule has 0 atom stereocenters. The summed E-state index contributed by atoms with van der Waals surface area (Å²) in [6, 6.07) is 17.0. The number of carbonyl (C=O) groups is 1.